The van der Waals surface area contributed by atoms with Crippen molar-refractivity contribution in [3.63, 3.8) is 0 Å². The number of fused-ring (bicyclic) bond motifs is 3. The molecule has 5 rings (SSSR count). The van der Waals surface area contributed by atoms with Crippen LogP contribution in [0.3, 0.4) is 0 Å². The van der Waals surface area contributed by atoms with Gasteiger partial charge < -0.3 is 5.32 Å². The first kappa shape index (κ1) is 16.8. The average Bonchev–Trinajstić information content (AvgIpc) is 3.29. The van der Waals surface area contributed by atoms with E-state index in [1.165, 1.54) is 11.2 Å². The van der Waals surface area contributed by atoms with E-state index in [0.717, 1.165) is 35.3 Å². The van der Waals surface area contributed by atoms with Gasteiger partial charge in [-0.25, -0.2) is 14.5 Å². The predicted octanol–water partition coefficient (Wildman–Crippen LogP) is 2.82. The van der Waals surface area contributed by atoms with Crippen molar-refractivity contribution in [2.45, 2.75) is 31.6 Å². The Morgan fingerprint density at radius 1 is 1.39 bits per heavy atom. The van der Waals surface area contributed by atoms with Crippen molar-refractivity contribution in [1.29, 1.82) is 0 Å². The Morgan fingerprint density at radius 2 is 2.21 bits per heavy atom. The number of anilines is 3. The van der Waals surface area contributed by atoms with Gasteiger partial charge in [-0.3, -0.25) is 14.1 Å². The van der Waals surface area contributed by atoms with Crippen molar-refractivity contribution in [2.24, 2.45) is 0 Å². The predicted molar refractivity (Wildman–Crippen MR) is 101 cm³/mol. The number of rotatable bonds is 5. The lowest BCUT2D eigenvalue weighted by atomic mass is 10.0. The van der Waals surface area contributed by atoms with E-state index in [1.807, 2.05) is 19.2 Å². The van der Waals surface area contributed by atoms with Crippen molar-refractivity contribution in [1.82, 2.24) is 24.6 Å². The summed E-state index contributed by atoms with van der Waals surface area (Å²) < 4.78 is 14.5. The third-order valence-corrected chi connectivity index (χ3v) is 5.43. The second kappa shape index (κ2) is 5.82. The van der Waals surface area contributed by atoms with E-state index >= 15 is 0 Å². The van der Waals surface area contributed by atoms with Crippen molar-refractivity contribution in [3.8, 4) is 0 Å². The number of halogens is 1. The van der Waals surface area contributed by atoms with Gasteiger partial charge in [0.25, 0.3) is 0 Å². The van der Waals surface area contributed by atoms with Crippen molar-refractivity contribution < 1.29 is 9.18 Å². The Kier molecular flexibility index (Phi) is 3.49. The Bertz CT molecular complexity index is 1130. The first-order valence-corrected chi connectivity index (χ1v) is 9.06. The lowest BCUT2D eigenvalue weighted by molar-refractivity contribution is -0.119. The summed E-state index contributed by atoms with van der Waals surface area (Å²) in [6.07, 6.45) is 6.60. The smallest absolute Gasteiger partial charge is 0.243 e. The SMILES string of the molecule is C=C(CCF)N1C(=O)C2(CC2)c2cnc(Nc3cn4ncnc4cc3C)nc21. The molecule has 1 aliphatic heterocycles. The van der Waals surface area contributed by atoms with Crippen molar-refractivity contribution in [2.75, 3.05) is 16.9 Å². The summed E-state index contributed by atoms with van der Waals surface area (Å²) in [6, 6.07) is 1.90. The minimum atomic E-state index is -0.571. The monoisotopic (exact) mass is 379 g/mol. The molecule has 3 aromatic rings. The molecule has 1 N–H and O–H groups in total. The van der Waals surface area contributed by atoms with Crippen LogP contribution in [-0.2, 0) is 10.2 Å². The average molecular weight is 379 g/mol. The number of amides is 1. The highest BCUT2D eigenvalue weighted by Crippen LogP contribution is 2.57. The first-order valence-electron chi connectivity index (χ1n) is 9.06. The van der Waals surface area contributed by atoms with Crippen molar-refractivity contribution in [3.05, 3.63) is 48.2 Å². The maximum absolute atomic E-state index is 12.9. The largest absolute Gasteiger partial charge is 0.323 e. The highest BCUT2D eigenvalue weighted by atomic mass is 19.1. The molecule has 0 unspecified atom stereocenters. The van der Waals surface area contributed by atoms with Crippen LogP contribution in [0.1, 0.15) is 30.4 Å². The molecule has 3 aromatic heterocycles. The van der Waals surface area contributed by atoms with E-state index < -0.39 is 12.1 Å². The summed E-state index contributed by atoms with van der Waals surface area (Å²) in [6.45, 7) is 5.27. The van der Waals surface area contributed by atoms with Gasteiger partial charge in [-0.2, -0.15) is 10.1 Å². The lowest BCUT2D eigenvalue weighted by Gasteiger charge is -2.19. The van der Waals surface area contributed by atoms with E-state index in [1.54, 1.807) is 10.7 Å². The Labute approximate surface area is 160 Å². The van der Waals surface area contributed by atoms with Gasteiger partial charge in [0.05, 0.1) is 24.0 Å². The number of allylic oxidation sites excluding steroid dienone is 1. The van der Waals surface area contributed by atoms with Gasteiger partial charge in [0, 0.05) is 23.9 Å². The van der Waals surface area contributed by atoms with Crippen LogP contribution in [0.2, 0.25) is 0 Å². The quantitative estimate of drug-likeness (QED) is 0.733. The molecule has 0 radical (unpaired) electrons. The van der Waals surface area contributed by atoms with E-state index in [2.05, 4.69) is 31.9 Å². The molecule has 0 saturated heterocycles. The number of alkyl halides is 1. The highest BCUT2D eigenvalue weighted by Gasteiger charge is 2.60. The summed E-state index contributed by atoms with van der Waals surface area (Å²) in [5.74, 6) is 0.774. The van der Waals surface area contributed by atoms with Gasteiger partial charge in [0.2, 0.25) is 11.9 Å². The number of aromatic nitrogens is 5. The zero-order valence-corrected chi connectivity index (χ0v) is 15.3. The molecule has 0 aromatic carbocycles. The summed E-state index contributed by atoms with van der Waals surface area (Å²) in [5, 5.41) is 7.32. The van der Waals surface area contributed by atoms with Crippen LogP contribution >= 0.6 is 0 Å². The van der Waals surface area contributed by atoms with E-state index in [9.17, 15) is 9.18 Å². The number of hydrogen-bond donors (Lipinski definition) is 1. The molecule has 2 aliphatic rings. The fourth-order valence-electron chi connectivity index (χ4n) is 3.70. The van der Waals surface area contributed by atoms with Crippen LogP contribution in [0.4, 0.5) is 21.8 Å². The van der Waals surface area contributed by atoms with Gasteiger partial charge in [-0.1, -0.05) is 6.58 Å². The van der Waals surface area contributed by atoms with Gasteiger partial charge >= 0.3 is 0 Å². The van der Waals surface area contributed by atoms with Gasteiger partial charge in [-0.05, 0) is 31.4 Å². The fraction of sp³-hybridized carbons (Fsp3) is 0.316. The molecule has 8 nitrogen and oxygen atoms in total. The number of nitrogens with zero attached hydrogens (tertiary/aromatic N) is 6. The minimum Gasteiger partial charge on any atom is -0.323 e. The topological polar surface area (TPSA) is 88.3 Å². The van der Waals surface area contributed by atoms with Crippen LogP contribution in [0.25, 0.3) is 5.65 Å². The van der Waals surface area contributed by atoms with Crippen LogP contribution in [0.15, 0.2) is 37.1 Å². The van der Waals surface area contributed by atoms with Crippen LogP contribution in [0, 0.1) is 6.92 Å². The third kappa shape index (κ3) is 2.32. The summed E-state index contributed by atoms with van der Waals surface area (Å²) in [7, 11) is 0. The maximum atomic E-state index is 12.9. The van der Waals surface area contributed by atoms with Crippen LogP contribution in [-0.4, -0.2) is 37.1 Å². The van der Waals surface area contributed by atoms with Gasteiger partial charge in [0.15, 0.2) is 5.65 Å². The second-order valence-electron chi connectivity index (χ2n) is 7.22. The number of aryl methyl sites for hydroxylation is 1. The molecule has 4 heterocycles. The molecule has 1 spiro atoms. The number of carbonyl (C=O) groups excluding carboxylic acids is 1. The summed E-state index contributed by atoms with van der Waals surface area (Å²) in [5.41, 5.74) is 3.14. The molecule has 1 aliphatic carbocycles. The zero-order chi connectivity index (χ0) is 19.5. The lowest BCUT2D eigenvalue weighted by Crippen LogP contribution is -2.31. The molecule has 0 bridgehead atoms. The summed E-state index contributed by atoms with van der Waals surface area (Å²) in [4.78, 5) is 27.6. The minimum absolute atomic E-state index is 0.0763. The van der Waals surface area contributed by atoms with Gasteiger partial charge in [-0.15, -0.1) is 0 Å². The summed E-state index contributed by atoms with van der Waals surface area (Å²) >= 11 is 0. The number of carbonyl (C=O) groups is 1. The van der Waals surface area contributed by atoms with E-state index in [0.29, 0.717) is 17.5 Å². The first-order chi connectivity index (χ1) is 13.5. The molecule has 1 saturated carbocycles. The third-order valence-electron chi connectivity index (χ3n) is 5.43. The Hall–Kier alpha value is -3.36. The molecule has 1 amide bonds. The standard InChI is InChI=1S/C19H18FN7O/c1-11-7-15-22-10-23-26(15)9-14(11)24-18-21-8-13-16(25-18)27(12(2)3-6-20)17(28)19(13)4-5-19/h7-10H,2-6H2,1H3,(H,21,24,25). The number of hydrogen-bond acceptors (Lipinski definition) is 6. The Morgan fingerprint density at radius 3 is 2.96 bits per heavy atom. The van der Waals surface area contributed by atoms with Gasteiger partial charge in [0.1, 0.15) is 12.1 Å². The molecule has 28 heavy (non-hydrogen) atoms. The molecular formula is C19H18FN7O. The molecule has 9 heteroatoms. The van der Waals surface area contributed by atoms with Crippen LogP contribution in [0.5, 0.6) is 0 Å². The zero-order valence-electron chi connectivity index (χ0n) is 15.3. The number of pyridine rings is 1. The highest BCUT2D eigenvalue weighted by molar-refractivity contribution is 6.11. The van der Waals surface area contributed by atoms with E-state index in [4.69, 9.17) is 0 Å². The van der Waals surface area contributed by atoms with E-state index in [-0.39, 0.29) is 12.3 Å². The van der Waals surface area contributed by atoms with Crippen molar-refractivity contribution >= 4 is 29.0 Å². The molecular weight excluding hydrogens is 361 g/mol. The number of nitrogens with one attached hydrogen (secondary N) is 1. The normalized spacial score (nSPS) is 16.6. The Balaban J connectivity index is 1.54. The fourth-order valence-corrected chi connectivity index (χ4v) is 3.70. The maximum Gasteiger partial charge on any atom is 0.243 e. The molecule has 0 atom stereocenters. The molecule has 142 valence electrons. The van der Waals surface area contributed by atoms with Crippen LogP contribution < -0.4 is 10.2 Å². The second-order valence-corrected chi connectivity index (χ2v) is 7.22. The molecule has 1 fully saturated rings.